The first-order chi connectivity index (χ1) is 15.0. The lowest BCUT2D eigenvalue weighted by Gasteiger charge is -2.53. The van der Waals surface area contributed by atoms with E-state index in [0.29, 0.717) is 16.8 Å². The fourth-order valence-electron chi connectivity index (χ4n) is 3.65. The minimum Gasteiger partial charge on any atom is -0.353 e. The number of nitrogens with zero attached hydrogens (tertiary/aromatic N) is 3. The van der Waals surface area contributed by atoms with Gasteiger partial charge in [0, 0.05) is 34.6 Å². The number of hydrogen-bond acceptors (Lipinski definition) is 8. The number of rotatable bonds is 3. The van der Waals surface area contributed by atoms with Gasteiger partial charge in [0.1, 0.15) is 33.5 Å². The van der Waals surface area contributed by atoms with Gasteiger partial charge in [-0.2, -0.15) is 15.9 Å². The lowest BCUT2D eigenvalue weighted by Crippen LogP contribution is -2.52. The second kappa shape index (κ2) is 7.86. The summed E-state index contributed by atoms with van der Waals surface area (Å²) < 4.78 is 36.3. The molecule has 2 aromatic heterocycles. The van der Waals surface area contributed by atoms with Crippen molar-refractivity contribution in [3.05, 3.63) is 52.8 Å². The van der Waals surface area contributed by atoms with Crippen LogP contribution in [0.5, 0.6) is 0 Å². The van der Waals surface area contributed by atoms with Gasteiger partial charge in [-0.15, -0.1) is 11.3 Å². The third-order valence-corrected chi connectivity index (χ3v) is 9.57. The maximum Gasteiger partial charge on any atom is 0.137 e. The SMILES string of the molecule is CC1(c2cc(Nc3csc4cc(C#N)cnc34)ccc2F)CS(O)(O)C(C)(C)C(NCl)=N1. The number of fused-ring (bicyclic) bond motifs is 1. The highest BCUT2D eigenvalue weighted by Crippen LogP contribution is 2.59. The fraction of sp³-hybridized carbons (Fsp3) is 0.286. The predicted molar refractivity (Wildman–Crippen MR) is 130 cm³/mol. The number of nitriles is 1. The monoisotopic (exact) mass is 493 g/mol. The average molecular weight is 494 g/mol. The summed E-state index contributed by atoms with van der Waals surface area (Å²) in [6, 6.07) is 8.34. The van der Waals surface area contributed by atoms with E-state index in [1.807, 2.05) is 5.38 Å². The first-order valence-electron chi connectivity index (χ1n) is 9.57. The summed E-state index contributed by atoms with van der Waals surface area (Å²) in [7, 11) is -3.19. The van der Waals surface area contributed by atoms with Crippen LogP contribution in [0.4, 0.5) is 15.8 Å². The Labute approximate surface area is 195 Å². The summed E-state index contributed by atoms with van der Waals surface area (Å²) in [4.78, 5) is 11.4. The molecule has 0 aliphatic carbocycles. The van der Waals surface area contributed by atoms with Crippen LogP contribution in [0.25, 0.3) is 10.2 Å². The van der Waals surface area contributed by atoms with Crippen molar-refractivity contribution in [3.63, 3.8) is 0 Å². The van der Waals surface area contributed by atoms with E-state index in [-0.39, 0.29) is 17.2 Å². The van der Waals surface area contributed by atoms with Crippen molar-refractivity contribution in [1.82, 2.24) is 9.82 Å². The second-order valence-corrected chi connectivity index (χ2v) is 12.0. The summed E-state index contributed by atoms with van der Waals surface area (Å²) >= 11 is 7.27. The minimum absolute atomic E-state index is 0.144. The van der Waals surface area contributed by atoms with Gasteiger partial charge in [0.05, 0.1) is 21.7 Å². The second-order valence-electron chi connectivity index (χ2n) is 8.30. The molecule has 1 aromatic carbocycles. The van der Waals surface area contributed by atoms with Crippen molar-refractivity contribution in [2.24, 2.45) is 4.99 Å². The molecule has 0 saturated carbocycles. The zero-order valence-electron chi connectivity index (χ0n) is 17.5. The summed E-state index contributed by atoms with van der Waals surface area (Å²) in [5, 5.41) is 14.2. The van der Waals surface area contributed by atoms with E-state index in [2.05, 4.69) is 26.2 Å². The largest absolute Gasteiger partial charge is 0.353 e. The number of amidine groups is 1. The van der Waals surface area contributed by atoms with Crippen LogP contribution in [0, 0.1) is 17.1 Å². The first-order valence-corrected chi connectivity index (χ1v) is 12.5. The van der Waals surface area contributed by atoms with E-state index in [9.17, 15) is 13.5 Å². The van der Waals surface area contributed by atoms with Gasteiger partial charge in [-0.25, -0.2) is 4.39 Å². The van der Waals surface area contributed by atoms with E-state index in [1.165, 1.54) is 23.6 Å². The molecule has 1 aliphatic heterocycles. The van der Waals surface area contributed by atoms with Crippen LogP contribution in [0.2, 0.25) is 0 Å². The Balaban J connectivity index is 1.75. The topological polar surface area (TPSA) is 114 Å². The highest BCUT2D eigenvalue weighted by atomic mass is 35.5. The van der Waals surface area contributed by atoms with Crippen molar-refractivity contribution in [2.75, 3.05) is 11.1 Å². The van der Waals surface area contributed by atoms with Crippen LogP contribution >= 0.6 is 33.7 Å². The number of hydrogen-bond donors (Lipinski definition) is 4. The first kappa shape index (κ1) is 22.8. The molecule has 0 bridgehead atoms. The van der Waals surface area contributed by atoms with Gasteiger partial charge in [-0.1, -0.05) is 0 Å². The zero-order valence-corrected chi connectivity index (χ0v) is 19.9. The number of aromatic nitrogens is 1. The molecule has 1 unspecified atom stereocenters. The fourth-order valence-corrected chi connectivity index (χ4v) is 6.64. The predicted octanol–water partition coefficient (Wildman–Crippen LogP) is 5.95. The molecule has 7 nitrogen and oxygen atoms in total. The zero-order chi connectivity index (χ0) is 23.3. The molecular formula is C21H21ClFN5O2S2. The van der Waals surface area contributed by atoms with E-state index in [4.69, 9.17) is 17.0 Å². The van der Waals surface area contributed by atoms with E-state index in [1.54, 1.807) is 39.0 Å². The summed E-state index contributed by atoms with van der Waals surface area (Å²) in [6.07, 6.45) is 1.50. The third-order valence-electron chi connectivity index (χ3n) is 5.68. The highest BCUT2D eigenvalue weighted by molar-refractivity contribution is 8.26. The van der Waals surface area contributed by atoms with Crippen LogP contribution in [0.15, 0.2) is 40.8 Å². The lowest BCUT2D eigenvalue weighted by atomic mass is 9.92. The molecule has 0 saturated heterocycles. The van der Waals surface area contributed by atoms with Crippen molar-refractivity contribution in [3.8, 4) is 6.07 Å². The van der Waals surface area contributed by atoms with Gasteiger partial charge in [0.15, 0.2) is 0 Å². The smallest absolute Gasteiger partial charge is 0.137 e. The number of halogens is 2. The van der Waals surface area contributed by atoms with Crippen molar-refractivity contribution in [2.45, 2.75) is 31.1 Å². The lowest BCUT2D eigenvalue weighted by molar-refractivity contribution is 0.416. The highest BCUT2D eigenvalue weighted by Gasteiger charge is 2.50. The molecule has 3 heterocycles. The third kappa shape index (κ3) is 3.70. The number of aliphatic imine (C=N–C) groups is 1. The summed E-state index contributed by atoms with van der Waals surface area (Å²) in [6.45, 7) is 4.92. The maximum absolute atomic E-state index is 14.9. The molecule has 32 heavy (non-hydrogen) atoms. The number of benzene rings is 1. The molecule has 0 spiro atoms. The molecule has 0 fully saturated rings. The maximum atomic E-state index is 14.9. The Kier molecular flexibility index (Phi) is 5.59. The molecule has 168 valence electrons. The number of nitrogens with one attached hydrogen (secondary N) is 2. The summed E-state index contributed by atoms with van der Waals surface area (Å²) in [5.41, 5.74) is 1.45. The Morgan fingerprint density at radius 3 is 2.72 bits per heavy atom. The molecule has 3 aromatic rings. The molecule has 1 aliphatic rings. The van der Waals surface area contributed by atoms with Crippen LogP contribution in [-0.4, -0.2) is 30.4 Å². The Hall–Kier alpha value is -2.42. The van der Waals surface area contributed by atoms with Crippen LogP contribution in [0.1, 0.15) is 31.9 Å². The van der Waals surface area contributed by atoms with Crippen molar-refractivity contribution >= 4 is 61.1 Å². The number of pyridine rings is 1. The van der Waals surface area contributed by atoms with Gasteiger partial charge < -0.3 is 5.32 Å². The molecule has 4 rings (SSSR count). The van der Waals surface area contributed by atoms with Crippen LogP contribution in [0.3, 0.4) is 0 Å². The van der Waals surface area contributed by atoms with E-state index >= 15 is 0 Å². The Morgan fingerprint density at radius 2 is 2.03 bits per heavy atom. The molecule has 11 heteroatoms. The molecule has 0 radical (unpaired) electrons. The van der Waals surface area contributed by atoms with E-state index in [0.717, 1.165) is 10.4 Å². The normalized spacial score (nSPS) is 22.6. The van der Waals surface area contributed by atoms with Gasteiger partial charge >= 0.3 is 0 Å². The summed E-state index contributed by atoms with van der Waals surface area (Å²) in [5.74, 6) is -0.473. The van der Waals surface area contributed by atoms with Gasteiger partial charge in [0.25, 0.3) is 0 Å². The van der Waals surface area contributed by atoms with Gasteiger partial charge in [0.2, 0.25) is 0 Å². The number of thiophene rings is 1. The standard InChI is InChI=1S/C21H21ClFN5O2S2/c1-20(2)19(28-22)27-21(3,11-32(20,29)30)14-7-13(4-5-15(14)23)26-16-10-31-17-6-12(8-24)9-25-18(16)17/h4-7,9-10,26,29-30H,11H2,1-3H3,(H,27,28). The number of anilines is 2. The van der Waals surface area contributed by atoms with Gasteiger partial charge in [-0.3, -0.25) is 23.9 Å². The average Bonchev–Trinajstić information content (AvgIpc) is 3.13. The Morgan fingerprint density at radius 1 is 1.28 bits per heavy atom. The van der Waals surface area contributed by atoms with Crippen molar-refractivity contribution < 1.29 is 13.5 Å². The molecular weight excluding hydrogens is 473 g/mol. The van der Waals surface area contributed by atoms with Crippen LogP contribution in [-0.2, 0) is 5.54 Å². The van der Waals surface area contributed by atoms with Crippen LogP contribution < -0.4 is 10.2 Å². The molecule has 1 atom stereocenters. The minimum atomic E-state index is -3.19. The molecule has 4 N–H and O–H groups in total. The van der Waals surface area contributed by atoms with E-state index < -0.39 is 26.7 Å². The Bertz CT molecular complexity index is 1290. The molecule has 0 amide bonds. The van der Waals surface area contributed by atoms with Crippen molar-refractivity contribution in [1.29, 1.82) is 5.26 Å². The quantitative estimate of drug-likeness (QED) is 0.335. The van der Waals surface area contributed by atoms with Gasteiger partial charge in [-0.05, 0) is 45.0 Å².